The molecule has 0 aliphatic carbocycles. The predicted molar refractivity (Wildman–Crippen MR) is 131 cm³/mol. The quantitative estimate of drug-likeness (QED) is 0.512. The highest BCUT2D eigenvalue weighted by atomic mass is 16.5. The first-order valence-corrected chi connectivity index (χ1v) is 11.6. The van der Waals surface area contributed by atoms with Crippen molar-refractivity contribution in [2.75, 3.05) is 50.8 Å². The number of likely N-dealkylation sites (N-methyl/N-ethyl adjacent to an activating group) is 1. The fourth-order valence-corrected chi connectivity index (χ4v) is 3.89. The lowest BCUT2D eigenvalue weighted by atomic mass is 10.1. The van der Waals surface area contributed by atoms with E-state index >= 15 is 0 Å². The van der Waals surface area contributed by atoms with E-state index in [0.29, 0.717) is 29.3 Å². The van der Waals surface area contributed by atoms with Crippen LogP contribution >= 0.6 is 0 Å². The highest BCUT2D eigenvalue weighted by Gasteiger charge is 2.28. The van der Waals surface area contributed by atoms with E-state index in [-0.39, 0.29) is 37.4 Å². The molecule has 0 fully saturated rings. The van der Waals surface area contributed by atoms with E-state index in [4.69, 9.17) is 9.47 Å². The Morgan fingerprint density at radius 2 is 1.79 bits per heavy atom. The lowest BCUT2D eigenvalue weighted by Crippen LogP contribution is -2.46. The lowest BCUT2D eigenvalue weighted by Gasteiger charge is -2.29. The molecule has 182 valence electrons. The Kier molecular flexibility index (Phi) is 8.65. The Hall–Kier alpha value is -3.39. The molecule has 0 saturated heterocycles. The molecule has 0 radical (unpaired) electrons. The van der Waals surface area contributed by atoms with Crippen LogP contribution in [0.5, 0.6) is 11.5 Å². The molecule has 0 unspecified atom stereocenters. The van der Waals surface area contributed by atoms with Gasteiger partial charge in [-0.15, -0.1) is 0 Å². The summed E-state index contributed by atoms with van der Waals surface area (Å²) in [5, 5.41) is 2.86. The molecule has 1 heterocycles. The summed E-state index contributed by atoms with van der Waals surface area (Å²) in [5.41, 5.74) is 2.90. The van der Waals surface area contributed by atoms with Gasteiger partial charge in [0.05, 0.1) is 5.69 Å². The van der Waals surface area contributed by atoms with Gasteiger partial charge in [0.2, 0.25) is 5.91 Å². The zero-order valence-electron chi connectivity index (χ0n) is 20.3. The van der Waals surface area contributed by atoms with Gasteiger partial charge in [-0.05, 0) is 68.4 Å². The van der Waals surface area contributed by atoms with E-state index in [9.17, 15) is 14.4 Å². The first-order chi connectivity index (χ1) is 16.3. The van der Waals surface area contributed by atoms with Crippen molar-refractivity contribution >= 4 is 23.3 Å². The van der Waals surface area contributed by atoms with Crippen molar-refractivity contribution in [3.05, 3.63) is 53.1 Å². The standard InChI is InChI=1S/C26H33N3O5/c1-5-28(6-2)10-9-27-25(31)15-29-22-14-20(7-8-24(22)34-17-26(29)32)23(30)16-33-21-12-18(3)11-19(4)13-21/h7-8,11-14H,5-6,9-10,15-17H2,1-4H3,(H,27,31). The number of carbonyl (C=O) groups is 3. The molecule has 3 rings (SSSR count). The summed E-state index contributed by atoms with van der Waals surface area (Å²) in [7, 11) is 0. The van der Waals surface area contributed by atoms with E-state index in [0.717, 1.165) is 30.8 Å². The Morgan fingerprint density at radius 1 is 1.09 bits per heavy atom. The van der Waals surface area contributed by atoms with Crippen molar-refractivity contribution < 1.29 is 23.9 Å². The van der Waals surface area contributed by atoms with Crippen molar-refractivity contribution in [3.63, 3.8) is 0 Å². The van der Waals surface area contributed by atoms with Crippen molar-refractivity contribution in [2.24, 2.45) is 0 Å². The second kappa shape index (κ2) is 11.7. The molecule has 0 aromatic heterocycles. The van der Waals surface area contributed by atoms with Crippen LogP contribution < -0.4 is 19.7 Å². The fourth-order valence-electron chi connectivity index (χ4n) is 3.89. The van der Waals surface area contributed by atoms with Crippen LogP contribution in [-0.4, -0.2) is 68.4 Å². The van der Waals surface area contributed by atoms with Crippen LogP contribution in [0.1, 0.15) is 35.3 Å². The third-order valence-corrected chi connectivity index (χ3v) is 5.74. The zero-order chi connectivity index (χ0) is 24.7. The van der Waals surface area contributed by atoms with Gasteiger partial charge in [-0.25, -0.2) is 0 Å². The molecule has 1 aliphatic rings. The molecular formula is C26H33N3O5. The number of Topliss-reactive ketones (excluding diaryl/α,β-unsaturated/α-hetero) is 1. The van der Waals surface area contributed by atoms with Gasteiger partial charge in [-0.1, -0.05) is 19.9 Å². The number of fused-ring (bicyclic) bond motifs is 1. The van der Waals surface area contributed by atoms with Gasteiger partial charge in [0.1, 0.15) is 18.0 Å². The maximum atomic E-state index is 12.8. The second-order valence-electron chi connectivity index (χ2n) is 8.36. The molecule has 0 saturated carbocycles. The maximum Gasteiger partial charge on any atom is 0.265 e. The van der Waals surface area contributed by atoms with Gasteiger partial charge in [0.25, 0.3) is 5.91 Å². The molecule has 8 heteroatoms. The van der Waals surface area contributed by atoms with Crippen molar-refractivity contribution in [2.45, 2.75) is 27.7 Å². The number of hydrogen-bond donors (Lipinski definition) is 1. The van der Waals surface area contributed by atoms with Gasteiger partial charge in [0, 0.05) is 18.7 Å². The molecule has 1 N–H and O–H groups in total. The number of hydrogen-bond acceptors (Lipinski definition) is 6. The maximum absolute atomic E-state index is 12.8. The Labute approximate surface area is 200 Å². The third-order valence-electron chi connectivity index (χ3n) is 5.74. The van der Waals surface area contributed by atoms with Gasteiger partial charge >= 0.3 is 0 Å². The fraction of sp³-hybridized carbons (Fsp3) is 0.423. The number of ether oxygens (including phenoxy) is 2. The van der Waals surface area contributed by atoms with Crippen LogP contribution in [0.25, 0.3) is 0 Å². The minimum atomic E-state index is -0.331. The largest absolute Gasteiger partial charge is 0.485 e. The molecule has 2 aromatic rings. The van der Waals surface area contributed by atoms with E-state index in [2.05, 4.69) is 24.1 Å². The molecule has 2 aromatic carbocycles. The number of aryl methyl sites for hydroxylation is 2. The van der Waals surface area contributed by atoms with Gasteiger partial charge in [-0.2, -0.15) is 0 Å². The van der Waals surface area contributed by atoms with E-state index in [1.54, 1.807) is 18.2 Å². The summed E-state index contributed by atoms with van der Waals surface area (Å²) in [5.74, 6) is 0.266. The van der Waals surface area contributed by atoms with Crippen molar-refractivity contribution in [1.29, 1.82) is 0 Å². The highest BCUT2D eigenvalue weighted by molar-refractivity contribution is 6.04. The van der Waals surface area contributed by atoms with Crippen molar-refractivity contribution in [3.8, 4) is 11.5 Å². The van der Waals surface area contributed by atoms with Crippen LogP contribution in [0.15, 0.2) is 36.4 Å². The lowest BCUT2D eigenvalue weighted by molar-refractivity contribution is -0.125. The summed E-state index contributed by atoms with van der Waals surface area (Å²) >= 11 is 0. The van der Waals surface area contributed by atoms with Crippen LogP contribution in [0.4, 0.5) is 5.69 Å². The Bertz CT molecular complexity index is 1030. The van der Waals surface area contributed by atoms with E-state index < -0.39 is 0 Å². The summed E-state index contributed by atoms with van der Waals surface area (Å²) in [6, 6.07) is 10.7. The number of amides is 2. The predicted octanol–water partition coefficient (Wildman–Crippen LogP) is 2.75. The Balaban J connectivity index is 1.66. The Morgan fingerprint density at radius 3 is 2.47 bits per heavy atom. The summed E-state index contributed by atoms with van der Waals surface area (Å²) in [6.45, 7) is 10.7. The number of nitrogens with zero attached hydrogens (tertiary/aromatic N) is 2. The summed E-state index contributed by atoms with van der Waals surface area (Å²) in [4.78, 5) is 41.4. The summed E-state index contributed by atoms with van der Waals surface area (Å²) in [6.07, 6.45) is 0. The minimum absolute atomic E-state index is 0.135. The van der Waals surface area contributed by atoms with Crippen molar-refractivity contribution in [1.82, 2.24) is 10.2 Å². The third kappa shape index (κ3) is 6.57. The van der Waals surface area contributed by atoms with Crippen LogP contribution in [0.3, 0.4) is 0 Å². The average molecular weight is 468 g/mol. The van der Waals surface area contributed by atoms with Crippen LogP contribution in [-0.2, 0) is 9.59 Å². The molecule has 1 aliphatic heterocycles. The van der Waals surface area contributed by atoms with E-state index in [1.807, 2.05) is 32.0 Å². The van der Waals surface area contributed by atoms with Crippen LogP contribution in [0, 0.1) is 13.8 Å². The molecule has 0 spiro atoms. The average Bonchev–Trinajstić information content (AvgIpc) is 2.81. The number of nitrogens with one attached hydrogen (secondary N) is 1. The SMILES string of the molecule is CCN(CC)CCNC(=O)CN1C(=O)COc2ccc(C(=O)COc3cc(C)cc(C)c3)cc21. The first-order valence-electron chi connectivity index (χ1n) is 11.6. The van der Waals surface area contributed by atoms with E-state index in [1.165, 1.54) is 4.90 Å². The molecule has 34 heavy (non-hydrogen) atoms. The molecule has 8 nitrogen and oxygen atoms in total. The van der Waals surface area contributed by atoms with Crippen LogP contribution in [0.2, 0.25) is 0 Å². The normalized spacial score (nSPS) is 12.9. The first kappa shape index (κ1) is 25.2. The monoisotopic (exact) mass is 467 g/mol. The molecule has 0 bridgehead atoms. The minimum Gasteiger partial charge on any atom is -0.485 e. The smallest absolute Gasteiger partial charge is 0.265 e. The second-order valence-corrected chi connectivity index (χ2v) is 8.36. The zero-order valence-corrected chi connectivity index (χ0v) is 20.3. The van der Waals surface area contributed by atoms with Gasteiger partial charge < -0.3 is 19.7 Å². The highest BCUT2D eigenvalue weighted by Crippen LogP contribution is 2.33. The molecular weight excluding hydrogens is 434 g/mol. The van der Waals surface area contributed by atoms with Gasteiger partial charge in [0.15, 0.2) is 19.0 Å². The van der Waals surface area contributed by atoms with Gasteiger partial charge in [-0.3, -0.25) is 19.3 Å². The summed E-state index contributed by atoms with van der Waals surface area (Å²) < 4.78 is 11.2. The molecule has 0 atom stereocenters. The number of anilines is 1. The number of carbonyl (C=O) groups excluding carboxylic acids is 3. The number of ketones is 1. The number of benzene rings is 2. The topological polar surface area (TPSA) is 88.2 Å². The number of rotatable bonds is 11. The molecule has 2 amide bonds.